The van der Waals surface area contributed by atoms with Crippen LogP contribution in [0.3, 0.4) is 0 Å². The Balaban J connectivity index is 2.79. The summed E-state index contributed by atoms with van der Waals surface area (Å²) in [6.07, 6.45) is 3.76. The molecule has 1 aromatic rings. The van der Waals surface area contributed by atoms with E-state index in [1.807, 2.05) is 62.3 Å². The number of rotatable bonds is 3. The molecule has 0 unspecified atom stereocenters. The van der Waals surface area contributed by atoms with Crippen molar-refractivity contribution in [3.8, 4) is 0 Å². The van der Waals surface area contributed by atoms with Crippen molar-refractivity contribution in [2.45, 2.75) is 13.8 Å². The molecule has 0 fully saturated rings. The first kappa shape index (κ1) is 10.5. The molecule has 0 saturated carbocycles. The molecule has 1 rings (SSSR count). The molecule has 72 valence electrons. The highest BCUT2D eigenvalue weighted by atomic mass is 16.1. The molecule has 0 N–H and O–H groups in total. The molecular weight excluding hydrogens is 172 g/mol. The minimum atomic E-state index is 0.229. The summed E-state index contributed by atoms with van der Waals surface area (Å²) in [7, 11) is 0. The van der Waals surface area contributed by atoms with Gasteiger partial charge in [-0.2, -0.15) is 0 Å². The van der Waals surface area contributed by atoms with Crippen molar-refractivity contribution < 1.29 is 4.79 Å². The SMILES string of the molecule is CC(C)C(=C=O)C=Cc1ccccc1. The topological polar surface area (TPSA) is 17.1 Å². The molecule has 0 atom stereocenters. The van der Waals surface area contributed by atoms with Gasteiger partial charge in [0.2, 0.25) is 0 Å². The lowest BCUT2D eigenvalue weighted by atomic mass is 10.0. The van der Waals surface area contributed by atoms with E-state index in [2.05, 4.69) is 0 Å². The summed E-state index contributed by atoms with van der Waals surface area (Å²) < 4.78 is 0. The average Bonchev–Trinajstić information content (AvgIpc) is 2.20. The number of hydrogen-bond acceptors (Lipinski definition) is 1. The van der Waals surface area contributed by atoms with Gasteiger partial charge < -0.3 is 0 Å². The number of hydrogen-bond donors (Lipinski definition) is 0. The first-order chi connectivity index (χ1) is 6.74. The molecule has 0 spiro atoms. The van der Waals surface area contributed by atoms with Crippen molar-refractivity contribution in [2.24, 2.45) is 5.92 Å². The van der Waals surface area contributed by atoms with Crippen LogP contribution >= 0.6 is 0 Å². The third-order valence-corrected chi connectivity index (χ3v) is 1.99. The van der Waals surface area contributed by atoms with Gasteiger partial charge in [0.05, 0.1) is 0 Å². The third-order valence-electron chi connectivity index (χ3n) is 1.99. The van der Waals surface area contributed by atoms with Gasteiger partial charge in [-0.25, -0.2) is 4.79 Å². The third kappa shape index (κ3) is 3.04. The molecule has 1 heteroatoms. The van der Waals surface area contributed by atoms with E-state index in [0.717, 1.165) is 5.56 Å². The predicted octanol–water partition coefficient (Wildman–Crippen LogP) is 3.11. The normalized spacial score (nSPS) is 10.5. The molecule has 0 aliphatic rings. The second kappa shape index (κ2) is 5.21. The summed E-state index contributed by atoms with van der Waals surface area (Å²) in [6.45, 7) is 3.96. The summed E-state index contributed by atoms with van der Waals surface area (Å²) in [4.78, 5) is 10.6. The van der Waals surface area contributed by atoms with Crippen LogP contribution in [0.4, 0.5) is 0 Å². The van der Waals surface area contributed by atoms with Crippen LogP contribution in [-0.2, 0) is 4.79 Å². The molecule has 1 aromatic carbocycles. The molecule has 0 aliphatic heterocycles. The standard InChI is InChI=1S/C13H14O/c1-11(2)13(10-14)9-8-12-6-4-3-5-7-12/h3-9,11H,1-2H3. The predicted molar refractivity (Wildman–Crippen MR) is 59.5 cm³/mol. The van der Waals surface area contributed by atoms with E-state index in [9.17, 15) is 4.79 Å². The highest BCUT2D eigenvalue weighted by molar-refractivity contribution is 5.63. The molecule has 0 aliphatic carbocycles. The Labute approximate surface area is 84.8 Å². The van der Waals surface area contributed by atoms with E-state index in [1.54, 1.807) is 0 Å². The van der Waals surface area contributed by atoms with E-state index >= 15 is 0 Å². The zero-order chi connectivity index (χ0) is 10.4. The van der Waals surface area contributed by atoms with Gasteiger partial charge in [0, 0.05) is 5.57 Å². The van der Waals surface area contributed by atoms with Gasteiger partial charge in [-0.15, -0.1) is 0 Å². The largest absolute Gasteiger partial charge is 0.233 e. The zero-order valence-corrected chi connectivity index (χ0v) is 8.53. The average molecular weight is 186 g/mol. The summed E-state index contributed by atoms with van der Waals surface area (Å²) in [5.74, 6) is 2.18. The Kier molecular flexibility index (Phi) is 3.90. The fourth-order valence-corrected chi connectivity index (χ4v) is 1.09. The van der Waals surface area contributed by atoms with Crippen LogP contribution in [0.5, 0.6) is 0 Å². The van der Waals surface area contributed by atoms with Crippen LogP contribution in [0.2, 0.25) is 0 Å². The van der Waals surface area contributed by atoms with Crippen LogP contribution in [0.15, 0.2) is 42.0 Å². The smallest absolute Gasteiger partial charge is 0.128 e. The lowest BCUT2D eigenvalue weighted by molar-refractivity contribution is 0.564. The first-order valence-corrected chi connectivity index (χ1v) is 4.72. The minimum Gasteiger partial charge on any atom is -0.233 e. The van der Waals surface area contributed by atoms with Crippen LogP contribution in [-0.4, -0.2) is 5.94 Å². The maximum absolute atomic E-state index is 10.6. The number of carbonyl (C=O) groups excluding carboxylic acids is 1. The van der Waals surface area contributed by atoms with Crippen molar-refractivity contribution in [2.75, 3.05) is 0 Å². The van der Waals surface area contributed by atoms with E-state index in [1.165, 1.54) is 0 Å². The van der Waals surface area contributed by atoms with Gasteiger partial charge in [-0.1, -0.05) is 50.3 Å². The lowest BCUT2D eigenvalue weighted by Gasteiger charge is -1.99. The van der Waals surface area contributed by atoms with E-state index < -0.39 is 0 Å². The Morgan fingerprint density at radius 1 is 1.29 bits per heavy atom. The maximum Gasteiger partial charge on any atom is 0.128 e. The van der Waals surface area contributed by atoms with E-state index in [0.29, 0.717) is 5.57 Å². The first-order valence-electron chi connectivity index (χ1n) is 4.72. The van der Waals surface area contributed by atoms with Gasteiger partial charge in [-0.3, -0.25) is 0 Å². The second-order valence-corrected chi connectivity index (χ2v) is 3.46. The number of benzene rings is 1. The van der Waals surface area contributed by atoms with Gasteiger partial charge in [0.15, 0.2) is 0 Å². The van der Waals surface area contributed by atoms with E-state index in [4.69, 9.17) is 0 Å². The highest BCUT2D eigenvalue weighted by Crippen LogP contribution is 2.10. The molecule has 0 bridgehead atoms. The molecule has 1 nitrogen and oxygen atoms in total. The van der Waals surface area contributed by atoms with Crippen molar-refractivity contribution in [1.29, 1.82) is 0 Å². The molecule has 0 amide bonds. The van der Waals surface area contributed by atoms with Crippen LogP contribution in [0.25, 0.3) is 6.08 Å². The quantitative estimate of drug-likeness (QED) is 0.523. The fraction of sp³-hybridized carbons (Fsp3) is 0.231. The van der Waals surface area contributed by atoms with Gasteiger partial charge in [0.25, 0.3) is 0 Å². The molecular formula is C13H14O. The molecule has 0 saturated heterocycles. The highest BCUT2D eigenvalue weighted by Gasteiger charge is 1.98. The fourth-order valence-electron chi connectivity index (χ4n) is 1.09. The molecule has 0 heterocycles. The Hall–Kier alpha value is -1.59. The molecule has 0 aromatic heterocycles. The van der Waals surface area contributed by atoms with Crippen LogP contribution in [0, 0.1) is 5.92 Å². The Morgan fingerprint density at radius 3 is 2.43 bits per heavy atom. The zero-order valence-electron chi connectivity index (χ0n) is 8.53. The van der Waals surface area contributed by atoms with Gasteiger partial charge in [-0.05, 0) is 17.6 Å². The van der Waals surface area contributed by atoms with Crippen molar-refractivity contribution in [1.82, 2.24) is 0 Å². The summed E-state index contributed by atoms with van der Waals surface area (Å²) in [5, 5.41) is 0. The summed E-state index contributed by atoms with van der Waals surface area (Å²) in [6, 6.07) is 9.91. The van der Waals surface area contributed by atoms with Crippen LogP contribution in [0.1, 0.15) is 19.4 Å². The maximum atomic E-state index is 10.6. The van der Waals surface area contributed by atoms with Crippen LogP contribution < -0.4 is 0 Å². The lowest BCUT2D eigenvalue weighted by Crippen LogP contribution is -1.90. The van der Waals surface area contributed by atoms with Crippen molar-refractivity contribution >= 4 is 12.0 Å². The van der Waals surface area contributed by atoms with Gasteiger partial charge >= 0.3 is 0 Å². The molecule has 14 heavy (non-hydrogen) atoms. The number of allylic oxidation sites excluding steroid dienone is 2. The Bertz CT molecular complexity index is 354. The summed E-state index contributed by atoms with van der Waals surface area (Å²) in [5.41, 5.74) is 1.80. The monoisotopic (exact) mass is 186 g/mol. The summed E-state index contributed by atoms with van der Waals surface area (Å²) >= 11 is 0. The Morgan fingerprint density at radius 2 is 1.93 bits per heavy atom. The second-order valence-electron chi connectivity index (χ2n) is 3.46. The van der Waals surface area contributed by atoms with E-state index in [-0.39, 0.29) is 5.92 Å². The van der Waals surface area contributed by atoms with Gasteiger partial charge in [0.1, 0.15) is 5.94 Å². The van der Waals surface area contributed by atoms with Crippen molar-refractivity contribution in [3.05, 3.63) is 47.5 Å². The van der Waals surface area contributed by atoms with Crippen molar-refractivity contribution in [3.63, 3.8) is 0 Å². The molecule has 0 radical (unpaired) electrons. The minimum absolute atomic E-state index is 0.229.